The summed E-state index contributed by atoms with van der Waals surface area (Å²) in [5.41, 5.74) is 6.81. The smallest absolute Gasteiger partial charge is 0.321 e. The molecular formula is C12H16BrNO2S. The topological polar surface area (TPSA) is 63.3 Å². The molecule has 0 fully saturated rings. The Bertz CT molecular complexity index is 409. The number of nitrogens with two attached hydrogens (primary N) is 1. The minimum Gasteiger partial charge on any atom is -0.480 e. The van der Waals surface area contributed by atoms with Crippen molar-refractivity contribution in [3.8, 4) is 0 Å². The van der Waals surface area contributed by atoms with Crippen LogP contribution in [0.25, 0.3) is 0 Å². The number of hydrogen-bond donors (Lipinski definition) is 2. The van der Waals surface area contributed by atoms with E-state index in [0.29, 0.717) is 0 Å². The maximum Gasteiger partial charge on any atom is 0.321 e. The largest absolute Gasteiger partial charge is 0.480 e. The lowest BCUT2D eigenvalue weighted by atomic mass is 10.1. The molecule has 17 heavy (non-hydrogen) atoms. The van der Waals surface area contributed by atoms with Crippen LogP contribution in [0, 0.1) is 0 Å². The van der Waals surface area contributed by atoms with E-state index in [2.05, 4.69) is 15.9 Å². The molecule has 1 aromatic rings. The van der Waals surface area contributed by atoms with Crippen molar-refractivity contribution in [1.82, 2.24) is 0 Å². The van der Waals surface area contributed by atoms with E-state index in [4.69, 9.17) is 10.8 Å². The van der Waals surface area contributed by atoms with Gasteiger partial charge in [0.15, 0.2) is 0 Å². The second kappa shape index (κ2) is 5.89. The molecule has 0 heterocycles. The fraction of sp³-hybridized carbons (Fsp3) is 0.417. The third-order valence-electron chi connectivity index (χ3n) is 2.57. The summed E-state index contributed by atoms with van der Waals surface area (Å²) in [4.78, 5) is 10.9. The molecule has 0 unspecified atom stereocenters. The quantitative estimate of drug-likeness (QED) is 0.876. The second-order valence-electron chi connectivity index (χ2n) is 4.30. The number of benzene rings is 1. The van der Waals surface area contributed by atoms with Crippen molar-refractivity contribution in [3.63, 3.8) is 0 Å². The first-order chi connectivity index (χ1) is 7.84. The average molecular weight is 318 g/mol. The highest BCUT2D eigenvalue weighted by molar-refractivity contribution is 9.10. The number of carboxylic acids is 1. The molecule has 0 aliphatic rings. The first kappa shape index (κ1) is 14.5. The van der Waals surface area contributed by atoms with E-state index >= 15 is 0 Å². The first-order valence-electron chi connectivity index (χ1n) is 5.20. The Morgan fingerprint density at radius 3 is 2.65 bits per heavy atom. The van der Waals surface area contributed by atoms with Crippen LogP contribution in [0.3, 0.4) is 0 Å². The molecule has 1 rings (SSSR count). The van der Waals surface area contributed by atoms with E-state index in [0.717, 1.165) is 15.8 Å². The van der Waals surface area contributed by atoms with E-state index in [1.54, 1.807) is 11.8 Å². The van der Waals surface area contributed by atoms with Crippen molar-refractivity contribution in [2.45, 2.75) is 30.4 Å². The monoisotopic (exact) mass is 317 g/mol. The van der Waals surface area contributed by atoms with Crippen molar-refractivity contribution in [2.75, 3.05) is 0 Å². The molecule has 0 amide bonds. The van der Waals surface area contributed by atoms with E-state index in [-0.39, 0.29) is 0 Å². The zero-order chi connectivity index (χ0) is 13.1. The van der Waals surface area contributed by atoms with Crippen LogP contribution < -0.4 is 5.73 Å². The third-order valence-corrected chi connectivity index (χ3v) is 4.80. The predicted octanol–water partition coefficient (Wildman–Crippen LogP) is 2.87. The molecular weight excluding hydrogens is 302 g/mol. The molecule has 0 saturated heterocycles. The predicted molar refractivity (Wildman–Crippen MR) is 75.1 cm³/mol. The normalized spacial score (nSPS) is 13.4. The summed E-state index contributed by atoms with van der Waals surface area (Å²) in [7, 11) is 0. The van der Waals surface area contributed by atoms with Crippen molar-refractivity contribution < 1.29 is 9.90 Å². The van der Waals surface area contributed by atoms with Gasteiger partial charge in [-0.05, 0) is 25.5 Å². The Morgan fingerprint density at radius 2 is 2.12 bits per heavy atom. The standard InChI is InChI=1S/C12H16BrNO2S/c1-12(2,10(14)11(15)16)17-7-8-5-3-4-6-9(8)13/h3-6,10H,7,14H2,1-2H3,(H,15,16)/t10-/m0/s1. The summed E-state index contributed by atoms with van der Waals surface area (Å²) >= 11 is 5.02. The van der Waals surface area contributed by atoms with E-state index in [1.165, 1.54) is 0 Å². The highest BCUT2D eigenvalue weighted by atomic mass is 79.9. The van der Waals surface area contributed by atoms with Gasteiger partial charge in [0.25, 0.3) is 0 Å². The molecule has 1 atom stereocenters. The number of rotatable bonds is 5. The van der Waals surface area contributed by atoms with Gasteiger partial charge < -0.3 is 10.8 Å². The highest BCUT2D eigenvalue weighted by Gasteiger charge is 2.32. The van der Waals surface area contributed by atoms with Crippen LogP contribution in [-0.4, -0.2) is 21.9 Å². The highest BCUT2D eigenvalue weighted by Crippen LogP contribution is 2.32. The average Bonchev–Trinajstić information content (AvgIpc) is 2.27. The van der Waals surface area contributed by atoms with Gasteiger partial charge in [-0.3, -0.25) is 4.79 Å². The number of carbonyl (C=O) groups is 1. The number of halogens is 1. The minimum atomic E-state index is -0.963. The van der Waals surface area contributed by atoms with Gasteiger partial charge in [0.1, 0.15) is 6.04 Å². The van der Waals surface area contributed by atoms with Crippen LogP contribution in [0.5, 0.6) is 0 Å². The molecule has 0 aromatic heterocycles. The van der Waals surface area contributed by atoms with Crippen LogP contribution in [-0.2, 0) is 10.5 Å². The molecule has 5 heteroatoms. The summed E-state index contributed by atoms with van der Waals surface area (Å²) in [5, 5.41) is 8.92. The summed E-state index contributed by atoms with van der Waals surface area (Å²) in [5.74, 6) is -0.232. The molecule has 3 nitrogen and oxygen atoms in total. The third kappa shape index (κ3) is 4.01. The van der Waals surface area contributed by atoms with Gasteiger partial charge >= 0.3 is 5.97 Å². The fourth-order valence-corrected chi connectivity index (χ4v) is 2.94. The molecule has 3 N–H and O–H groups in total. The SMILES string of the molecule is CC(C)(SCc1ccccc1Br)[C@@H](N)C(=O)O. The Hall–Kier alpha value is -0.520. The van der Waals surface area contributed by atoms with Crippen molar-refractivity contribution >= 4 is 33.7 Å². The maximum atomic E-state index is 10.9. The second-order valence-corrected chi connectivity index (χ2v) is 6.78. The van der Waals surface area contributed by atoms with Crippen molar-refractivity contribution in [2.24, 2.45) is 5.73 Å². The van der Waals surface area contributed by atoms with Crippen molar-refractivity contribution in [1.29, 1.82) is 0 Å². The van der Waals surface area contributed by atoms with Crippen LogP contribution in [0.2, 0.25) is 0 Å². The molecule has 0 saturated carbocycles. The maximum absolute atomic E-state index is 10.9. The number of carboxylic acid groups (broad SMARTS) is 1. The Morgan fingerprint density at radius 1 is 1.53 bits per heavy atom. The van der Waals surface area contributed by atoms with E-state index < -0.39 is 16.8 Å². The molecule has 0 spiro atoms. The summed E-state index contributed by atoms with van der Waals surface area (Å²) in [6, 6.07) is 7.03. The minimum absolute atomic E-state index is 0.499. The Labute approximate surface area is 114 Å². The Kier molecular flexibility index (Phi) is 5.04. The number of aliphatic carboxylic acids is 1. The summed E-state index contributed by atoms with van der Waals surface area (Å²) < 4.78 is 0.536. The van der Waals surface area contributed by atoms with Gasteiger partial charge in [-0.2, -0.15) is 0 Å². The zero-order valence-electron chi connectivity index (χ0n) is 9.81. The Balaban J connectivity index is 2.67. The first-order valence-corrected chi connectivity index (χ1v) is 6.98. The van der Waals surface area contributed by atoms with Crippen LogP contribution in [0.1, 0.15) is 19.4 Å². The van der Waals surface area contributed by atoms with Gasteiger partial charge in [-0.25, -0.2) is 0 Å². The van der Waals surface area contributed by atoms with Gasteiger partial charge in [0, 0.05) is 15.0 Å². The lowest BCUT2D eigenvalue weighted by Gasteiger charge is -2.28. The molecule has 0 bridgehead atoms. The van der Waals surface area contributed by atoms with Gasteiger partial charge in [-0.1, -0.05) is 34.1 Å². The van der Waals surface area contributed by atoms with Crippen molar-refractivity contribution in [3.05, 3.63) is 34.3 Å². The summed E-state index contributed by atoms with van der Waals surface area (Å²) in [6.45, 7) is 3.71. The number of hydrogen-bond acceptors (Lipinski definition) is 3. The fourth-order valence-electron chi connectivity index (χ4n) is 1.27. The van der Waals surface area contributed by atoms with Crippen LogP contribution in [0.4, 0.5) is 0 Å². The molecule has 0 aliphatic carbocycles. The van der Waals surface area contributed by atoms with Gasteiger partial charge in [0.2, 0.25) is 0 Å². The number of thioether (sulfide) groups is 1. The van der Waals surface area contributed by atoms with E-state index in [9.17, 15) is 4.79 Å². The van der Waals surface area contributed by atoms with E-state index in [1.807, 2.05) is 38.1 Å². The molecule has 1 aromatic carbocycles. The van der Waals surface area contributed by atoms with Crippen LogP contribution in [0.15, 0.2) is 28.7 Å². The lowest BCUT2D eigenvalue weighted by Crippen LogP contribution is -2.46. The van der Waals surface area contributed by atoms with Gasteiger partial charge in [-0.15, -0.1) is 11.8 Å². The molecule has 0 aliphatic heterocycles. The molecule has 94 valence electrons. The van der Waals surface area contributed by atoms with Gasteiger partial charge in [0.05, 0.1) is 0 Å². The lowest BCUT2D eigenvalue weighted by molar-refractivity contribution is -0.139. The van der Waals surface area contributed by atoms with Crippen LogP contribution >= 0.6 is 27.7 Å². The molecule has 0 radical (unpaired) electrons. The summed E-state index contributed by atoms with van der Waals surface area (Å²) in [6.07, 6.45) is 0. The zero-order valence-corrected chi connectivity index (χ0v) is 12.2.